The molecule has 5 nitrogen and oxygen atoms in total. The molecule has 0 heterocycles. The van der Waals surface area contributed by atoms with Crippen molar-refractivity contribution in [3.8, 4) is 12.3 Å². The standard InChI is InChI=1S/C13H22O5/c1-3-5-13(14)18-12-11-17-10-9-16-8-7-15-6-4-2/h2H,3,5-12H2,1H3. The van der Waals surface area contributed by atoms with E-state index in [1.165, 1.54) is 0 Å². The summed E-state index contributed by atoms with van der Waals surface area (Å²) in [6.45, 7) is 4.88. The van der Waals surface area contributed by atoms with Gasteiger partial charge in [0.2, 0.25) is 0 Å². The van der Waals surface area contributed by atoms with Gasteiger partial charge in [0.15, 0.2) is 0 Å². The summed E-state index contributed by atoms with van der Waals surface area (Å²) < 4.78 is 20.4. The van der Waals surface area contributed by atoms with E-state index in [2.05, 4.69) is 5.92 Å². The molecular weight excluding hydrogens is 236 g/mol. The highest BCUT2D eigenvalue weighted by atomic mass is 16.6. The second-order valence-electron chi connectivity index (χ2n) is 3.45. The van der Waals surface area contributed by atoms with Crippen molar-refractivity contribution >= 4 is 5.97 Å². The molecule has 0 saturated carbocycles. The molecule has 0 aliphatic rings. The average Bonchev–Trinajstić information content (AvgIpc) is 2.36. The maximum absolute atomic E-state index is 11.0. The molecule has 0 aliphatic heterocycles. The normalized spacial score (nSPS) is 10.0. The van der Waals surface area contributed by atoms with Crippen molar-refractivity contribution < 1.29 is 23.7 Å². The minimum atomic E-state index is -0.178. The second kappa shape index (κ2) is 14.0. The van der Waals surface area contributed by atoms with Crippen LogP contribution in [-0.2, 0) is 23.7 Å². The van der Waals surface area contributed by atoms with Crippen molar-refractivity contribution in [3.63, 3.8) is 0 Å². The highest BCUT2D eigenvalue weighted by Gasteiger charge is 1.99. The van der Waals surface area contributed by atoms with Gasteiger partial charge in [-0.3, -0.25) is 4.79 Å². The van der Waals surface area contributed by atoms with Crippen LogP contribution in [0, 0.1) is 12.3 Å². The first kappa shape index (κ1) is 16.9. The smallest absolute Gasteiger partial charge is 0.305 e. The first-order valence-electron chi connectivity index (χ1n) is 6.13. The minimum Gasteiger partial charge on any atom is -0.463 e. The van der Waals surface area contributed by atoms with Gasteiger partial charge in [0.05, 0.1) is 33.0 Å². The summed E-state index contributed by atoms with van der Waals surface area (Å²) in [5.74, 6) is 2.19. The summed E-state index contributed by atoms with van der Waals surface area (Å²) in [6, 6.07) is 0. The van der Waals surface area contributed by atoms with Gasteiger partial charge < -0.3 is 18.9 Å². The van der Waals surface area contributed by atoms with Crippen molar-refractivity contribution in [2.24, 2.45) is 0 Å². The van der Waals surface area contributed by atoms with Gasteiger partial charge in [-0.2, -0.15) is 0 Å². The fourth-order valence-electron chi connectivity index (χ4n) is 1.06. The topological polar surface area (TPSA) is 54.0 Å². The summed E-state index contributed by atoms with van der Waals surface area (Å²) in [4.78, 5) is 11.0. The summed E-state index contributed by atoms with van der Waals surface area (Å²) >= 11 is 0. The predicted octanol–water partition coefficient (Wildman–Crippen LogP) is 1.01. The van der Waals surface area contributed by atoms with Gasteiger partial charge in [-0.05, 0) is 6.42 Å². The zero-order valence-electron chi connectivity index (χ0n) is 11.0. The van der Waals surface area contributed by atoms with E-state index in [9.17, 15) is 4.79 Å². The number of rotatable bonds is 12. The maximum Gasteiger partial charge on any atom is 0.305 e. The molecule has 0 aromatic heterocycles. The van der Waals surface area contributed by atoms with Gasteiger partial charge in [0.1, 0.15) is 13.2 Å². The van der Waals surface area contributed by atoms with Crippen LogP contribution in [-0.4, -0.2) is 52.2 Å². The van der Waals surface area contributed by atoms with Crippen molar-refractivity contribution in [2.75, 3.05) is 46.2 Å². The minimum absolute atomic E-state index is 0.178. The van der Waals surface area contributed by atoms with Crippen LogP contribution in [0.4, 0.5) is 0 Å². The van der Waals surface area contributed by atoms with E-state index in [-0.39, 0.29) is 5.97 Å². The van der Waals surface area contributed by atoms with Gasteiger partial charge in [0, 0.05) is 6.42 Å². The van der Waals surface area contributed by atoms with Crippen molar-refractivity contribution in [1.82, 2.24) is 0 Å². The lowest BCUT2D eigenvalue weighted by atomic mass is 10.3. The van der Waals surface area contributed by atoms with E-state index in [4.69, 9.17) is 25.4 Å². The third-order valence-electron chi connectivity index (χ3n) is 1.87. The third-order valence-corrected chi connectivity index (χ3v) is 1.87. The van der Waals surface area contributed by atoms with Gasteiger partial charge in [0.25, 0.3) is 0 Å². The largest absolute Gasteiger partial charge is 0.463 e. The molecule has 0 N–H and O–H groups in total. The molecule has 0 spiro atoms. The Morgan fingerprint density at radius 1 is 1.00 bits per heavy atom. The number of carbonyl (C=O) groups excluding carboxylic acids is 1. The molecule has 18 heavy (non-hydrogen) atoms. The Bertz CT molecular complexity index is 234. The summed E-state index contributed by atoms with van der Waals surface area (Å²) in [5, 5.41) is 0. The van der Waals surface area contributed by atoms with Gasteiger partial charge in [-0.25, -0.2) is 0 Å². The number of ether oxygens (including phenoxy) is 4. The monoisotopic (exact) mass is 258 g/mol. The number of carbonyl (C=O) groups is 1. The fraction of sp³-hybridized carbons (Fsp3) is 0.769. The van der Waals surface area contributed by atoms with E-state index in [0.717, 1.165) is 6.42 Å². The van der Waals surface area contributed by atoms with Crippen molar-refractivity contribution in [1.29, 1.82) is 0 Å². The zero-order valence-corrected chi connectivity index (χ0v) is 11.0. The fourth-order valence-corrected chi connectivity index (χ4v) is 1.06. The Hall–Kier alpha value is -1.09. The lowest BCUT2D eigenvalue weighted by Crippen LogP contribution is -2.13. The summed E-state index contributed by atoms with van der Waals surface area (Å²) in [7, 11) is 0. The van der Waals surface area contributed by atoms with Crippen LogP contribution in [0.2, 0.25) is 0 Å². The quantitative estimate of drug-likeness (QED) is 0.297. The van der Waals surface area contributed by atoms with Crippen LogP contribution in [0.15, 0.2) is 0 Å². The van der Waals surface area contributed by atoms with E-state index in [1.54, 1.807) is 0 Å². The molecule has 0 amide bonds. The van der Waals surface area contributed by atoms with Gasteiger partial charge >= 0.3 is 5.97 Å². The lowest BCUT2D eigenvalue weighted by Gasteiger charge is -2.06. The van der Waals surface area contributed by atoms with Crippen molar-refractivity contribution in [2.45, 2.75) is 19.8 Å². The number of hydrogen-bond donors (Lipinski definition) is 0. The van der Waals surface area contributed by atoms with Gasteiger partial charge in [-0.15, -0.1) is 6.42 Å². The number of terminal acetylenes is 1. The van der Waals surface area contributed by atoms with Gasteiger partial charge in [-0.1, -0.05) is 12.8 Å². The second-order valence-corrected chi connectivity index (χ2v) is 3.45. The lowest BCUT2D eigenvalue weighted by molar-refractivity contribution is -0.145. The molecular formula is C13H22O5. The average molecular weight is 258 g/mol. The SMILES string of the molecule is C#CCOCCOCCOCCOC(=O)CCC. The molecule has 0 unspecified atom stereocenters. The van der Waals surface area contributed by atoms with Crippen LogP contribution >= 0.6 is 0 Å². The molecule has 0 rings (SSSR count). The van der Waals surface area contributed by atoms with E-state index >= 15 is 0 Å². The summed E-state index contributed by atoms with van der Waals surface area (Å²) in [5.41, 5.74) is 0. The maximum atomic E-state index is 11.0. The molecule has 0 bridgehead atoms. The van der Waals surface area contributed by atoms with Crippen LogP contribution in [0.5, 0.6) is 0 Å². The highest BCUT2D eigenvalue weighted by Crippen LogP contribution is 1.91. The summed E-state index contributed by atoms with van der Waals surface area (Å²) in [6.07, 6.45) is 6.27. The first-order valence-corrected chi connectivity index (χ1v) is 6.13. The Labute approximate surface area is 109 Å². The zero-order chi connectivity index (χ0) is 13.5. The van der Waals surface area contributed by atoms with Crippen LogP contribution in [0.3, 0.4) is 0 Å². The number of esters is 1. The Balaban J connectivity index is 3.03. The Morgan fingerprint density at radius 2 is 1.56 bits per heavy atom. The van der Waals surface area contributed by atoms with Crippen molar-refractivity contribution in [3.05, 3.63) is 0 Å². The van der Waals surface area contributed by atoms with Crippen LogP contribution in [0.1, 0.15) is 19.8 Å². The molecule has 0 radical (unpaired) electrons. The number of hydrogen-bond acceptors (Lipinski definition) is 5. The predicted molar refractivity (Wildman–Crippen MR) is 67.2 cm³/mol. The molecule has 104 valence electrons. The Morgan fingerprint density at radius 3 is 2.11 bits per heavy atom. The van der Waals surface area contributed by atoms with E-state index in [0.29, 0.717) is 52.7 Å². The molecule has 0 aliphatic carbocycles. The molecule has 0 atom stereocenters. The van der Waals surface area contributed by atoms with E-state index < -0.39 is 0 Å². The highest BCUT2D eigenvalue weighted by molar-refractivity contribution is 5.69. The molecule has 0 aromatic rings. The van der Waals surface area contributed by atoms with E-state index in [1.807, 2.05) is 6.92 Å². The van der Waals surface area contributed by atoms with Crippen LogP contribution < -0.4 is 0 Å². The third kappa shape index (κ3) is 13.0. The van der Waals surface area contributed by atoms with Crippen LogP contribution in [0.25, 0.3) is 0 Å². The molecule has 0 aromatic carbocycles. The Kier molecular flexibility index (Phi) is 13.1. The molecule has 0 saturated heterocycles. The molecule has 5 heteroatoms. The first-order chi connectivity index (χ1) is 8.81. The molecule has 0 fully saturated rings.